The Kier molecular flexibility index (Phi) is 5.23. The van der Waals surface area contributed by atoms with Gasteiger partial charge in [-0.1, -0.05) is 12.8 Å². The van der Waals surface area contributed by atoms with E-state index in [9.17, 15) is 9.59 Å². The maximum Gasteiger partial charge on any atom is 0.253 e. The summed E-state index contributed by atoms with van der Waals surface area (Å²) < 4.78 is 0. The highest BCUT2D eigenvalue weighted by Crippen LogP contribution is 2.47. The van der Waals surface area contributed by atoms with E-state index in [1.807, 2.05) is 4.90 Å². The number of piperidine rings is 1. The average Bonchev–Trinajstić information content (AvgIpc) is 3.30. The van der Waals surface area contributed by atoms with Gasteiger partial charge in [-0.2, -0.15) is 0 Å². The molecule has 3 atom stereocenters. The lowest BCUT2D eigenvalue weighted by molar-refractivity contribution is -0.126. The van der Waals surface area contributed by atoms with E-state index in [1.165, 1.54) is 32.1 Å². The molecule has 0 aromatic carbocycles. The van der Waals surface area contributed by atoms with Crippen LogP contribution in [-0.2, 0) is 4.79 Å². The molecule has 1 saturated heterocycles. The van der Waals surface area contributed by atoms with Gasteiger partial charge in [-0.15, -0.1) is 0 Å². The van der Waals surface area contributed by atoms with Gasteiger partial charge >= 0.3 is 0 Å². The van der Waals surface area contributed by atoms with Gasteiger partial charge in [-0.25, -0.2) is 0 Å². The van der Waals surface area contributed by atoms with E-state index in [-0.39, 0.29) is 17.7 Å². The molecule has 5 heteroatoms. The molecule has 0 radical (unpaired) electrons. The summed E-state index contributed by atoms with van der Waals surface area (Å²) >= 11 is 0. The topological polar surface area (TPSA) is 62.3 Å². The molecule has 1 N–H and O–H groups in total. The van der Waals surface area contributed by atoms with Crippen LogP contribution >= 0.6 is 0 Å². The van der Waals surface area contributed by atoms with Gasteiger partial charge in [0.2, 0.25) is 5.91 Å². The van der Waals surface area contributed by atoms with Gasteiger partial charge in [-0.05, 0) is 62.0 Å². The van der Waals surface area contributed by atoms with Crippen LogP contribution in [0.25, 0.3) is 0 Å². The predicted octanol–water partition coefficient (Wildman–Crippen LogP) is 2.88. The molecule has 3 fully saturated rings. The number of hydrogen-bond acceptors (Lipinski definition) is 3. The molecular formula is C21H29N3O2. The summed E-state index contributed by atoms with van der Waals surface area (Å²) in [7, 11) is 0. The Balaban J connectivity index is 1.23. The summed E-state index contributed by atoms with van der Waals surface area (Å²) in [6, 6.07) is 3.50. The minimum Gasteiger partial charge on any atom is -0.356 e. The molecule has 140 valence electrons. The quantitative estimate of drug-likeness (QED) is 0.903. The van der Waals surface area contributed by atoms with Gasteiger partial charge in [0.15, 0.2) is 0 Å². The molecule has 26 heavy (non-hydrogen) atoms. The molecule has 0 bridgehead atoms. The number of aromatic nitrogens is 1. The normalized spacial score (nSPS) is 28.8. The van der Waals surface area contributed by atoms with Gasteiger partial charge in [0.25, 0.3) is 5.91 Å². The second-order valence-corrected chi connectivity index (χ2v) is 8.24. The van der Waals surface area contributed by atoms with Crippen molar-refractivity contribution in [3.63, 3.8) is 0 Å². The summed E-state index contributed by atoms with van der Waals surface area (Å²) in [6.07, 6.45) is 11.6. The van der Waals surface area contributed by atoms with Gasteiger partial charge in [-0.3, -0.25) is 14.6 Å². The fourth-order valence-electron chi connectivity index (χ4n) is 5.34. The Morgan fingerprint density at radius 1 is 1.04 bits per heavy atom. The molecule has 1 aromatic rings. The molecule has 1 aromatic heterocycles. The first-order valence-electron chi connectivity index (χ1n) is 10.2. The van der Waals surface area contributed by atoms with Crippen LogP contribution in [-0.4, -0.2) is 41.3 Å². The summed E-state index contributed by atoms with van der Waals surface area (Å²) in [6.45, 7) is 2.18. The second kappa shape index (κ2) is 7.77. The first-order valence-corrected chi connectivity index (χ1v) is 10.2. The highest BCUT2D eigenvalue weighted by Gasteiger charge is 2.39. The number of carbonyl (C=O) groups excluding carboxylic acids is 2. The van der Waals surface area contributed by atoms with Gasteiger partial charge in [0.05, 0.1) is 0 Å². The van der Waals surface area contributed by atoms with Crippen molar-refractivity contribution in [3.8, 4) is 0 Å². The number of fused-ring (bicyclic) bond motifs is 1. The van der Waals surface area contributed by atoms with Gasteiger partial charge < -0.3 is 10.2 Å². The van der Waals surface area contributed by atoms with Crippen molar-refractivity contribution in [2.75, 3.05) is 19.6 Å². The van der Waals surface area contributed by atoms with E-state index in [2.05, 4.69) is 10.3 Å². The monoisotopic (exact) mass is 355 g/mol. The van der Waals surface area contributed by atoms with Crippen molar-refractivity contribution < 1.29 is 9.59 Å². The third-order valence-corrected chi connectivity index (χ3v) is 6.85. The number of nitrogens with zero attached hydrogens (tertiary/aromatic N) is 2. The van der Waals surface area contributed by atoms with Crippen LogP contribution < -0.4 is 5.32 Å². The van der Waals surface area contributed by atoms with E-state index >= 15 is 0 Å². The molecule has 2 amide bonds. The van der Waals surface area contributed by atoms with Crippen LogP contribution in [0.5, 0.6) is 0 Å². The Morgan fingerprint density at radius 3 is 2.58 bits per heavy atom. The molecule has 0 unspecified atom stereocenters. The number of rotatable bonds is 4. The lowest BCUT2D eigenvalue weighted by Crippen LogP contribution is -2.44. The fourth-order valence-corrected chi connectivity index (χ4v) is 5.34. The second-order valence-electron chi connectivity index (χ2n) is 8.24. The summed E-state index contributed by atoms with van der Waals surface area (Å²) in [4.78, 5) is 30.9. The SMILES string of the molecule is O=C(NC[C@H]1CC[C@@H]2CCC[C@@H]21)C1CCN(C(=O)c2ccncc2)CC1. The molecule has 5 nitrogen and oxygen atoms in total. The van der Waals surface area contributed by atoms with Crippen molar-refractivity contribution >= 4 is 11.8 Å². The van der Waals surface area contributed by atoms with Crippen LogP contribution in [0.4, 0.5) is 0 Å². The summed E-state index contributed by atoms with van der Waals surface area (Å²) in [5.74, 6) is 2.78. The minimum absolute atomic E-state index is 0.0458. The molecule has 2 heterocycles. The highest BCUT2D eigenvalue weighted by molar-refractivity contribution is 5.94. The minimum atomic E-state index is 0.0458. The summed E-state index contributed by atoms with van der Waals surface area (Å²) in [5.41, 5.74) is 0.676. The Labute approximate surface area is 155 Å². The van der Waals surface area contributed by atoms with Crippen molar-refractivity contribution in [1.82, 2.24) is 15.2 Å². The van der Waals surface area contributed by atoms with Crippen LogP contribution in [0.3, 0.4) is 0 Å². The lowest BCUT2D eigenvalue weighted by atomic mass is 9.91. The van der Waals surface area contributed by atoms with Crippen molar-refractivity contribution in [2.24, 2.45) is 23.7 Å². The van der Waals surface area contributed by atoms with Crippen molar-refractivity contribution in [2.45, 2.75) is 44.9 Å². The third-order valence-electron chi connectivity index (χ3n) is 6.85. The largest absolute Gasteiger partial charge is 0.356 e. The summed E-state index contributed by atoms with van der Waals surface area (Å²) in [5, 5.41) is 3.23. The highest BCUT2D eigenvalue weighted by atomic mass is 16.2. The molecular weight excluding hydrogens is 326 g/mol. The lowest BCUT2D eigenvalue weighted by Gasteiger charge is -2.31. The van der Waals surface area contributed by atoms with E-state index < -0.39 is 0 Å². The molecule has 1 aliphatic heterocycles. The zero-order chi connectivity index (χ0) is 17.9. The Bertz CT molecular complexity index is 640. The van der Waals surface area contributed by atoms with E-state index in [0.717, 1.165) is 31.2 Å². The fraction of sp³-hybridized carbons (Fsp3) is 0.667. The first kappa shape index (κ1) is 17.5. The van der Waals surface area contributed by atoms with E-state index in [4.69, 9.17) is 0 Å². The smallest absolute Gasteiger partial charge is 0.253 e. The zero-order valence-corrected chi connectivity index (χ0v) is 15.4. The Morgan fingerprint density at radius 2 is 1.81 bits per heavy atom. The standard InChI is InChI=1S/C21H29N3O2/c25-20(23-14-18-5-4-15-2-1-3-19(15)18)16-8-12-24(13-9-16)21(26)17-6-10-22-11-7-17/h6-7,10-11,15-16,18-19H,1-5,8-9,12-14H2,(H,23,25)/t15-,18+,19-/m0/s1. The van der Waals surface area contributed by atoms with E-state index in [0.29, 0.717) is 24.6 Å². The van der Waals surface area contributed by atoms with Crippen LogP contribution in [0.2, 0.25) is 0 Å². The molecule has 4 rings (SSSR count). The average molecular weight is 355 g/mol. The predicted molar refractivity (Wildman–Crippen MR) is 99.4 cm³/mol. The Hall–Kier alpha value is -1.91. The van der Waals surface area contributed by atoms with Crippen molar-refractivity contribution in [3.05, 3.63) is 30.1 Å². The number of amides is 2. The van der Waals surface area contributed by atoms with Crippen LogP contribution in [0, 0.1) is 23.7 Å². The first-order chi connectivity index (χ1) is 12.7. The van der Waals surface area contributed by atoms with Gasteiger partial charge in [0.1, 0.15) is 0 Å². The number of hydrogen-bond donors (Lipinski definition) is 1. The maximum absolute atomic E-state index is 12.6. The number of carbonyl (C=O) groups is 2. The van der Waals surface area contributed by atoms with Crippen LogP contribution in [0.1, 0.15) is 55.3 Å². The zero-order valence-electron chi connectivity index (χ0n) is 15.4. The molecule has 0 spiro atoms. The number of pyridine rings is 1. The van der Waals surface area contributed by atoms with E-state index in [1.54, 1.807) is 24.5 Å². The number of likely N-dealkylation sites (tertiary alicyclic amines) is 1. The van der Waals surface area contributed by atoms with Crippen molar-refractivity contribution in [1.29, 1.82) is 0 Å². The maximum atomic E-state index is 12.6. The van der Waals surface area contributed by atoms with Gasteiger partial charge in [0, 0.05) is 43.5 Å². The molecule has 2 saturated carbocycles. The van der Waals surface area contributed by atoms with Crippen LogP contribution in [0.15, 0.2) is 24.5 Å². The molecule has 3 aliphatic rings. The number of nitrogens with one attached hydrogen (secondary N) is 1. The molecule has 2 aliphatic carbocycles. The third kappa shape index (κ3) is 3.62.